The first-order valence-electron chi connectivity index (χ1n) is 6.13. The fraction of sp³-hybridized carbons (Fsp3) is 0.357. The Morgan fingerprint density at radius 3 is 3.00 bits per heavy atom. The second-order valence-electron chi connectivity index (χ2n) is 4.27. The number of aliphatic hydroxyl groups excluding tert-OH is 1. The summed E-state index contributed by atoms with van der Waals surface area (Å²) in [5.41, 5.74) is 0.854. The molecule has 0 saturated heterocycles. The molecule has 4 nitrogen and oxygen atoms in total. The molecule has 19 heavy (non-hydrogen) atoms. The van der Waals surface area contributed by atoms with Crippen molar-refractivity contribution in [2.24, 2.45) is 0 Å². The third kappa shape index (κ3) is 4.02. The van der Waals surface area contributed by atoms with Crippen molar-refractivity contribution in [2.45, 2.75) is 19.6 Å². The molecule has 102 valence electrons. The smallest absolute Gasteiger partial charge is 0.119 e. The van der Waals surface area contributed by atoms with Crippen molar-refractivity contribution in [3.63, 3.8) is 0 Å². The zero-order valence-electron chi connectivity index (χ0n) is 11.1. The summed E-state index contributed by atoms with van der Waals surface area (Å²) >= 11 is 1.67. The number of nitrogens with zero attached hydrogens (tertiary/aromatic N) is 1. The van der Waals surface area contributed by atoms with Crippen molar-refractivity contribution in [1.82, 2.24) is 10.3 Å². The summed E-state index contributed by atoms with van der Waals surface area (Å²) in [6, 6.07) is 7.49. The number of aromatic nitrogens is 1. The Hall–Kier alpha value is -1.43. The Labute approximate surface area is 117 Å². The van der Waals surface area contributed by atoms with Crippen LogP contribution >= 0.6 is 11.3 Å². The fourth-order valence-corrected chi connectivity index (χ4v) is 2.55. The van der Waals surface area contributed by atoms with E-state index in [1.54, 1.807) is 18.4 Å². The zero-order chi connectivity index (χ0) is 13.7. The van der Waals surface area contributed by atoms with E-state index in [9.17, 15) is 5.11 Å². The van der Waals surface area contributed by atoms with Crippen LogP contribution in [0, 0.1) is 6.92 Å². The first kappa shape index (κ1) is 14.0. The minimum absolute atomic E-state index is 0.504. The summed E-state index contributed by atoms with van der Waals surface area (Å²) in [6.45, 7) is 3.22. The summed E-state index contributed by atoms with van der Waals surface area (Å²) in [5.74, 6) is 0.759. The molecule has 0 aliphatic heterocycles. The predicted molar refractivity (Wildman–Crippen MR) is 76.5 cm³/mol. The van der Waals surface area contributed by atoms with Gasteiger partial charge in [-0.2, -0.15) is 0 Å². The maximum Gasteiger partial charge on any atom is 0.119 e. The summed E-state index contributed by atoms with van der Waals surface area (Å²) in [5, 5.41) is 14.4. The third-order valence-corrected chi connectivity index (χ3v) is 3.70. The maximum absolute atomic E-state index is 10.1. The SMILES string of the molecule is COc1cccc(C(O)CNCc2cnc(C)s2)c1. The van der Waals surface area contributed by atoms with Gasteiger partial charge in [0.2, 0.25) is 0 Å². The Morgan fingerprint density at radius 1 is 1.47 bits per heavy atom. The minimum atomic E-state index is -0.538. The monoisotopic (exact) mass is 278 g/mol. The molecule has 2 aromatic rings. The van der Waals surface area contributed by atoms with Gasteiger partial charge in [0.05, 0.1) is 18.2 Å². The van der Waals surface area contributed by atoms with Crippen molar-refractivity contribution in [1.29, 1.82) is 0 Å². The van der Waals surface area contributed by atoms with Crippen LogP contribution in [0.25, 0.3) is 0 Å². The van der Waals surface area contributed by atoms with E-state index >= 15 is 0 Å². The molecule has 0 aliphatic carbocycles. The maximum atomic E-state index is 10.1. The van der Waals surface area contributed by atoms with Crippen molar-refractivity contribution in [3.05, 3.63) is 45.9 Å². The molecule has 1 aromatic carbocycles. The van der Waals surface area contributed by atoms with Gasteiger partial charge in [0, 0.05) is 24.2 Å². The second kappa shape index (κ2) is 6.65. The standard InChI is InChI=1S/C14H18N2O2S/c1-10-16-8-13(19-10)7-15-9-14(17)11-4-3-5-12(6-11)18-2/h3-6,8,14-15,17H,7,9H2,1-2H3. The molecule has 2 N–H and O–H groups in total. The van der Waals surface area contributed by atoms with E-state index in [2.05, 4.69) is 10.3 Å². The normalized spacial score (nSPS) is 12.4. The van der Waals surface area contributed by atoms with E-state index in [0.29, 0.717) is 6.54 Å². The quantitative estimate of drug-likeness (QED) is 0.851. The van der Waals surface area contributed by atoms with Crippen LogP contribution in [0.5, 0.6) is 5.75 Å². The van der Waals surface area contributed by atoms with Gasteiger partial charge in [-0.1, -0.05) is 12.1 Å². The van der Waals surface area contributed by atoms with Crippen LogP contribution in [0.15, 0.2) is 30.5 Å². The number of thiazole rings is 1. The van der Waals surface area contributed by atoms with Crippen molar-refractivity contribution in [3.8, 4) is 5.75 Å². The van der Waals surface area contributed by atoms with E-state index in [0.717, 1.165) is 22.9 Å². The van der Waals surface area contributed by atoms with Crippen LogP contribution in [-0.4, -0.2) is 23.7 Å². The van der Waals surface area contributed by atoms with E-state index in [-0.39, 0.29) is 0 Å². The highest BCUT2D eigenvalue weighted by molar-refractivity contribution is 7.11. The van der Waals surface area contributed by atoms with Gasteiger partial charge in [0.15, 0.2) is 0 Å². The van der Waals surface area contributed by atoms with E-state index < -0.39 is 6.10 Å². The largest absolute Gasteiger partial charge is 0.497 e. The van der Waals surface area contributed by atoms with E-state index in [4.69, 9.17) is 4.74 Å². The first-order valence-corrected chi connectivity index (χ1v) is 6.94. The lowest BCUT2D eigenvalue weighted by Gasteiger charge is -2.12. The third-order valence-electron chi connectivity index (χ3n) is 2.78. The van der Waals surface area contributed by atoms with Crippen LogP contribution in [-0.2, 0) is 6.54 Å². The van der Waals surface area contributed by atoms with Gasteiger partial charge in [-0.05, 0) is 24.6 Å². The predicted octanol–water partition coefficient (Wildman–Crippen LogP) is 2.28. The minimum Gasteiger partial charge on any atom is -0.497 e. The Kier molecular flexibility index (Phi) is 4.90. The molecule has 5 heteroatoms. The second-order valence-corrected chi connectivity index (χ2v) is 5.59. The number of hydrogen-bond donors (Lipinski definition) is 2. The molecule has 0 spiro atoms. The highest BCUT2D eigenvalue weighted by Gasteiger charge is 2.08. The van der Waals surface area contributed by atoms with E-state index in [1.165, 1.54) is 4.88 Å². The Balaban J connectivity index is 1.85. The fourth-order valence-electron chi connectivity index (χ4n) is 1.79. The summed E-state index contributed by atoms with van der Waals surface area (Å²) < 4.78 is 5.14. The molecule has 1 aromatic heterocycles. The van der Waals surface area contributed by atoms with Crippen LogP contribution < -0.4 is 10.1 Å². The summed E-state index contributed by atoms with van der Waals surface area (Å²) in [7, 11) is 1.62. The van der Waals surface area contributed by atoms with Crippen LogP contribution in [0.2, 0.25) is 0 Å². The lowest BCUT2D eigenvalue weighted by Crippen LogP contribution is -2.20. The van der Waals surface area contributed by atoms with E-state index in [1.807, 2.05) is 37.4 Å². The number of methoxy groups -OCH3 is 1. The number of rotatable bonds is 6. The van der Waals surface area contributed by atoms with Gasteiger partial charge >= 0.3 is 0 Å². The molecule has 0 saturated carbocycles. The molecule has 0 fully saturated rings. The lowest BCUT2D eigenvalue weighted by molar-refractivity contribution is 0.174. The van der Waals surface area contributed by atoms with Gasteiger partial charge in [-0.15, -0.1) is 11.3 Å². The summed E-state index contributed by atoms with van der Waals surface area (Å²) in [4.78, 5) is 5.37. The van der Waals surface area contributed by atoms with Gasteiger partial charge in [0.1, 0.15) is 5.75 Å². The Morgan fingerprint density at radius 2 is 2.32 bits per heavy atom. The van der Waals surface area contributed by atoms with Gasteiger partial charge < -0.3 is 15.2 Å². The Bertz CT molecular complexity index is 528. The van der Waals surface area contributed by atoms with Crippen molar-refractivity contribution >= 4 is 11.3 Å². The molecular formula is C14H18N2O2S. The number of nitrogens with one attached hydrogen (secondary N) is 1. The number of aryl methyl sites for hydroxylation is 1. The van der Waals surface area contributed by atoms with Crippen molar-refractivity contribution in [2.75, 3.05) is 13.7 Å². The topological polar surface area (TPSA) is 54.4 Å². The molecule has 0 aliphatic rings. The molecule has 1 unspecified atom stereocenters. The first-order chi connectivity index (χ1) is 9.19. The molecule has 1 heterocycles. The molecule has 2 rings (SSSR count). The summed E-state index contributed by atoms with van der Waals surface area (Å²) in [6.07, 6.45) is 1.33. The highest BCUT2D eigenvalue weighted by Crippen LogP contribution is 2.18. The van der Waals surface area contributed by atoms with Crippen LogP contribution in [0.3, 0.4) is 0 Å². The average Bonchev–Trinajstić information content (AvgIpc) is 2.84. The highest BCUT2D eigenvalue weighted by atomic mass is 32.1. The molecular weight excluding hydrogens is 260 g/mol. The van der Waals surface area contributed by atoms with Gasteiger partial charge in [-0.3, -0.25) is 0 Å². The lowest BCUT2D eigenvalue weighted by atomic mass is 10.1. The number of hydrogen-bond acceptors (Lipinski definition) is 5. The van der Waals surface area contributed by atoms with Crippen LogP contribution in [0.4, 0.5) is 0 Å². The van der Waals surface area contributed by atoms with Gasteiger partial charge in [0.25, 0.3) is 0 Å². The molecule has 1 atom stereocenters. The van der Waals surface area contributed by atoms with Gasteiger partial charge in [-0.25, -0.2) is 4.98 Å². The molecule has 0 amide bonds. The molecule has 0 radical (unpaired) electrons. The van der Waals surface area contributed by atoms with Crippen molar-refractivity contribution < 1.29 is 9.84 Å². The number of benzene rings is 1. The number of aliphatic hydroxyl groups is 1. The van der Waals surface area contributed by atoms with Crippen LogP contribution in [0.1, 0.15) is 21.6 Å². The average molecular weight is 278 g/mol. The molecule has 0 bridgehead atoms. The zero-order valence-corrected chi connectivity index (χ0v) is 11.9. The number of ether oxygens (including phenoxy) is 1.